The molecule has 0 radical (unpaired) electrons. The Bertz CT molecular complexity index is 336. The highest BCUT2D eigenvalue weighted by molar-refractivity contribution is 5.89. The van der Waals surface area contributed by atoms with Gasteiger partial charge in [-0.25, -0.2) is 0 Å². The number of carbonyl (C=O) groups is 1. The Labute approximate surface area is 112 Å². The molecule has 1 saturated heterocycles. The van der Waals surface area contributed by atoms with Crippen molar-refractivity contribution in [3.8, 4) is 0 Å². The van der Waals surface area contributed by atoms with Crippen molar-refractivity contribution < 1.29 is 4.79 Å². The lowest BCUT2D eigenvalue weighted by Crippen LogP contribution is -2.65. The third kappa shape index (κ3) is 2.34. The summed E-state index contributed by atoms with van der Waals surface area (Å²) >= 11 is 0. The molecule has 2 nitrogen and oxygen atoms in total. The Hall–Kier alpha value is -0.790. The lowest BCUT2D eigenvalue weighted by atomic mass is 9.69. The topological polar surface area (TPSA) is 20.3 Å². The monoisotopic (exact) mass is 251 g/mol. The number of hydrogen-bond donors (Lipinski definition) is 0. The molecule has 3 unspecified atom stereocenters. The second-order valence-corrected chi connectivity index (χ2v) is 6.17. The molecule has 0 spiro atoms. The molecule has 0 aromatic carbocycles. The summed E-state index contributed by atoms with van der Waals surface area (Å²) in [6, 6.07) is 0. The number of likely N-dealkylation sites (tertiary alicyclic amines) is 1. The van der Waals surface area contributed by atoms with E-state index < -0.39 is 0 Å². The molecule has 0 aromatic heterocycles. The number of allylic oxidation sites excluding steroid dienone is 1. The van der Waals surface area contributed by atoms with Crippen LogP contribution in [0.4, 0.5) is 0 Å². The number of hydrogen-bond acceptors (Lipinski definition) is 1. The van der Waals surface area contributed by atoms with E-state index in [1.807, 2.05) is 13.0 Å². The second kappa shape index (κ2) is 5.46. The molecule has 1 heterocycles. The summed E-state index contributed by atoms with van der Waals surface area (Å²) < 4.78 is 0. The van der Waals surface area contributed by atoms with Gasteiger partial charge in [0.1, 0.15) is 0 Å². The molecule has 1 aliphatic rings. The maximum atomic E-state index is 12.5. The average Bonchev–Trinajstić information content (AvgIpc) is 2.35. The molecule has 0 aromatic rings. The average molecular weight is 251 g/mol. The highest BCUT2D eigenvalue weighted by Crippen LogP contribution is 2.45. The molecule has 3 atom stereocenters. The first kappa shape index (κ1) is 15.3. The van der Waals surface area contributed by atoms with Crippen molar-refractivity contribution in [2.45, 2.75) is 78.3 Å². The molecule has 104 valence electrons. The first-order valence-electron chi connectivity index (χ1n) is 7.32. The van der Waals surface area contributed by atoms with Crippen LogP contribution in [0.1, 0.15) is 67.2 Å². The lowest BCUT2D eigenvalue weighted by Gasteiger charge is -2.58. The van der Waals surface area contributed by atoms with Crippen LogP contribution < -0.4 is 0 Å². The third-order valence-corrected chi connectivity index (χ3v) is 5.24. The van der Waals surface area contributed by atoms with E-state index in [1.54, 1.807) is 6.08 Å². The molecular weight excluding hydrogens is 222 g/mol. The van der Waals surface area contributed by atoms with Crippen LogP contribution in [-0.2, 0) is 4.79 Å². The van der Waals surface area contributed by atoms with Gasteiger partial charge in [-0.05, 0) is 58.4 Å². The zero-order valence-electron chi connectivity index (χ0n) is 12.9. The summed E-state index contributed by atoms with van der Waals surface area (Å²) in [5.41, 5.74) is -0.00648. The zero-order valence-corrected chi connectivity index (χ0v) is 12.9. The van der Waals surface area contributed by atoms with Crippen molar-refractivity contribution in [3.05, 3.63) is 12.2 Å². The fourth-order valence-corrected chi connectivity index (χ4v) is 3.36. The van der Waals surface area contributed by atoms with Gasteiger partial charge in [0.2, 0.25) is 5.91 Å². The van der Waals surface area contributed by atoms with Crippen LogP contribution in [0.25, 0.3) is 0 Å². The van der Waals surface area contributed by atoms with Gasteiger partial charge in [-0.1, -0.05) is 26.8 Å². The van der Waals surface area contributed by atoms with Gasteiger partial charge in [-0.2, -0.15) is 0 Å². The van der Waals surface area contributed by atoms with E-state index in [2.05, 4.69) is 39.5 Å². The van der Waals surface area contributed by atoms with E-state index in [0.29, 0.717) is 5.92 Å². The van der Waals surface area contributed by atoms with Crippen LogP contribution in [0.5, 0.6) is 0 Å². The molecule has 1 rings (SSSR count). The SMILES string of the molecule is CC=CC(=O)N1C(C)(CC)CCC(C)C1(C)CC. The minimum absolute atomic E-state index is 0.00780. The van der Waals surface area contributed by atoms with Crippen LogP contribution in [-0.4, -0.2) is 21.9 Å². The van der Waals surface area contributed by atoms with Gasteiger partial charge >= 0.3 is 0 Å². The number of amides is 1. The largest absolute Gasteiger partial charge is 0.328 e. The zero-order chi connectivity index (χ0) is 14.0. The van der Waals surface area contributed by atoms with E-state index in [9.17, 15) is 4.79 Å². The normalized spacial score (nSPS) is 37.2. The maximum Gasteiger partial charge on any atom is 0.247 e. The molecule has 0 bridgehead atoms. The smallest absolute Gasteiger partial charge is 0.247 e. The highest BCUT2D eigenvalue weighted by Gasteiger charge is 2.50. The van der Waals surface area contributed by atoms with E-state index in [1.165, 1.54) is 6.42 Å². The van der Waals surface area contributed by atoms with E-state index >= 15 is 0 Å². The number of piperidine rings is 1. The van der Waals surface area contributed by atoms with Crippen LogP contribution in [0.15, 0.2) is 12.2 Å². The van der Waals surface area contributed by atoms with Crippen LogP contribution >= 0.6 is 0 Å². The number of rotatable bonds is 3. The summed E-state index contributed by atoms with van der Waals surface area (Å²) in [5, 5.41) is 0. The Balaban J connectivity index is 3.24. The third-order valence-electron chi connectivity index (χ3n) is 5.24. The Morgan fingerprint density at radius 2 is 1.94 bits per heavy atom. The molecular formula is C16H29NO. The van der Waals surface area contributed by atoms with E-state index in [-0.39, 0.29) is 17.0 Å². The van der Waals surface area contributed by atoms with Crippen LogP contribution in [0, 0.1) is 5.92 Å². The minimum atomic E-state index is -0.0143. The van der Waals surface area contributed by atoms with Gasteiger partial charge in [0.15, 0.2) is 0 Å². The standard InChI is InChI=1S/C16H29NO/c1-7-10-14(18)17-15(5,8-2)12-11-13(4)16(17,6)9-3/h7,10,13H,8-9,11-12H2,1-6H3. The van der Waals surface area contributed by atoms with Crippen molar-refractivity contribution in [1.82, 2.24) is 4.90 Å². The summed E-state index contributed by atoms with van der Waals surface area (Å²) in [5.74, 6) is 0.745. The van der Waals surface area contributed by atoms with Crippen molar-refractivity contribution in [3.63, 3.8) is 0 Å². The first-order chi connectivity index (χ1) is 8.35. The molecule has 18 heavy (non-hydrogen) atoms. The summed E-state index contributed by atoms with van der Waals surface area (Å²) in [6.45, 7) is 13.1. The van der Waals surface area contributed by atoms with Crippen LogP contribution in [0.2, 0.25) is 0 Å². The fourth-order valence-electron chi connectivity index (χ4n) is 3.36. The molecule has 1 amide bonds. The Kier molecular flexibility index (Phi) is 4.63. The van der Waals surface area contributed by atoms with Crippen molar-refractivity contribution >= 4 is 5.91 Å². The minimum Gasteiger partial charge on any atom is -0.328 e. The predicted octanol–water partition coefficient (Wildman–Crippen LogP) is 4.16. The summed E-state index contributed by atoms with van der Waals surface area (Å²) in [6.07, 6.45) is 7.96. The van der Waals surface area contributed by atoms with Crippen molar-refractivity contribution in [1.29, 1.82) is 0 Å². The molecule has 0 N–H and O–H groups in total. The summed E-state index contributed by atoms with van der Waals surface area (Å²) in [4.78, 5) is 14.7. The van der Waals surface area contributed by atoms with Crippen LogP contribution in [0.3, 0.4) is 0 Å². The molecule has 0 aliphatic carbocycles. The molecule has 1 aliphatic heterocycles. The Morgan fingerprint density at radius 3 is 2.39 bits per heavy atom. The quantitative estimate of drug-likeness (QED) is 0.690. The van der Waals surface area contributed by atoms with Gasteiger partial charge in [-0.3, -0.25) is 4.79 Å². The first-order valence-corrected chi connectivity index (χ1v) is 7.32. The van der Waals surface area contributed by atoms with E-state index in [4.69, 9.17) is 0 Å². The number of nitrogens with zero attached hydrogens (tertiary/aromatic N) is 1. The summed E-state index contributed by atoms with van der Waals surface area (Å²) in [7, 11) is 0. The Morgan fingerprint density at radius 1 is 1.33 bits per heavy atom. The van der Waals surface area contributed by atoms with Gasteiger partial charge in [0.05, 0.1) is 0 Å². The van der Waals surface area contributed by atoms with Crippen molar-refractivity contribution in [2.75, 3.05) is 0 Å². The molecule has 0 saturated carbocycles. The van der Waals surface area contributed by atoms with Gasteiger partial charge in [-0.15, -0.1) is 0 Å². The predicted molar refractivity (Wildman–Crippen MR) is 77.5 cm³/mol. The highest BCUT2D eigenvalue weighted by atomic mass is 16.2. The van der Waals surface area contributed by atoms with Gasteiger partial charge in [0.25, 0.3) is 0 Å². The maximum absolute atomic E-state index is 12.5. The van der Waals surface area contributed by atoms with Crippen molar-refractivity contribution in [2.24, 2.45) is 5.92 Å². The number of carbonyl (C=O) groups excluding carboxylic acids is 1. The van der Waals surface area contributed by atoms with E-state index in [0.717, 1.165) is 19.3 Å². The fraction of sp³-hybridized carbons (Fsp3) is 0.812. The lowest BCUT2D eigenvalue weighted by molar-refractivity contribution is -0.152. The van der Waals surface area contributed by atoms with Gasteiger partial charge in [0, 0.05) is 11.1 Å². The molecule has 2 heteroatoms. The molecule has 1 fully saturated rings. The van der Waals surface area contributed by atoms with Gasteiger partial charge < -0.3 is 4.90 Å². The second-order valence-electron chi connectivity index (χ2n) is 6.17.